The molecule has 6 heteroatoms. The van der Waals surface area contributed by atoms with Gasteiger partial charge in [0.2, 0.25) is 5.91 Å². The number of amides is 1. The summed E-state index contributed by atoms with van der Waals surface area (Å²) < 4.78 is 17.0. The molecule has 0 unspecified atom stereocenters. The lowest BCUT2D eigenvalue weighted by Crippen LogP contribution is -3.14. The molecular weight excluding hydrogens is 392 g/mol. The Labute approximate surface area is 185 Å². The van der Waals surface area contributed by atoms with Crippen molar-refractivity contribution in [3.63, 3.8) is 0 Å². The van der Waals surface area contributed by atoms with Gasteiger partial charge in [0.25, 0.3) is 0 Å². The van der Waals surface area contributed by atoms with Crippen LogP contribution in [0, 0.1) is 23.2 Å². The van der Waals surface area contributed by atoms with Crippen molar-refractivity contribution in [2.24, 2.45) is 23.2 Å². The van der Waals surface area contributed by atoms with Crippen LogP contribution < -0.4 is 19.7 Å². The van der Waals surface area contributed by atoms with Gasteiger partial charge in [-0.1, -0.05) is 0 Å². The average Bonchev–Trinajstić information content (AvgIpc) is 2.77. The number of nitrogens with one attached hydrogen (secondary N) is 2. The molecule has 4 bridgehead atoms. The van der Waals surface area contributed by atoms with E-state index in [0.29, 0.717) is 12.4 Å². The summed E-state index contributed by atoms with van der Waals surface area (Å²) in [5.41, 5.74) is 0.668. The molecule has 4 saturated carbocycles. The van der Waals surface area contributed by atoms with Crippen LogP contribution >= 0.6 is 0 Å². The monoisotopic (exact) mass is 429 g/mol. The maximum atomic E-state index is 13.3. The molecule has 1 aromatic carbocycles. The van der Waals surface area contributed by atoms with Crippen molar-refractivity contribution in [2.75, 3.05) is 51.9 Å². The number of hydrogen-bond acceptors (Lipinski definition) is 4. The van der Waals surface area contributed by atoms with Gasteiger partial charge in [-0.15, -0.1) is 0 Å². The van der Waals surface area contributed by atoms with Crippen LogP contribution in [0.1, 0.15) is 44.9 Å². The summed E-state index contributed by atoms with van der Waals surface area (Å²) in [6.45, 7) is 5.66. The largest absolute Gasteiger partial charge is 0.493 e. The summed E-state index contributed by atoms with van der Waals surface area (Å²) in [5.74, 6) is 3.94. The summed E-state index contributed by atoms with van der Waals surface area (Å²) in [6, 6.07) is 5.78. The normalized spacial score (nSPS) is 32.1. The molecule has 170 valence electrons. The second-order valence-electron chi connectivity index (χ2n) is 10.3. The molecule has 1 saturated heterocycles. The number of carbonyl (C=O) groups excluding carboxylic acids is 1. The Kier molecular flexibility index (Phi) is 6.11. The van der Waals surface area contributed by atoms with E-state index in [1.165, 1.54) is 19.3 Å². The van der Waals surface area contributed by atoms with Crippen molar-refractivity contribution in [2.45, 2.75) is 44.9 Å². The Morgan fingerprint density at radius 2 is 1.77 bits per heavy atom. The highest BCUT2D eigenvalue weighted by molar-refractivity contribution is 5.96. The summed E-state index contributed by atoms with van der Waals surface area (Å²) in [5, 5.41) is 3.22. The van der Waals surface area contributed by atoms with Crippen molar-refractivity contribution in [3.8, 4) is 11.5 Å². The Morgan fingerprint density at radius 1 is 1.10 bits per heavy atom. The van der Waals surface area contributed by atoms with Gasteiger partial charge in [-0.25, -0.2) is 0 Å². The zero-order valence-electron chi connectivity index (χ0n) is 18.8. The van der Waals surface area contributed by atoms with Crippen molar-refractivity contribution < 1.29 is 23.9 Å². The summed E-state index contributed by atoms with van der Waals surface area (Å²) >= 11 is 0. The molecule has 1 aliphatic heterocycles. The van der Waals surface area contributed by atoms with Gasteiger partial charge in [0.15, 0.2) is 11.5 Å². The van der Waals surface area contributed by atoms with Crippen LogP contribution in [0.5, 0.6) is 11.5 Å². The standard InChI is InChI=1S/C25H36N2O4/c1-29-23-14-21(3-4-22(23)31-8-2-5-27-6-9-30-10-7-27)26-24(28)25-15-18-11-19(16-25)13-20(12-18)17-25/h3-4,14,18-20H,2,5-13,15-17H2,1H3,(H,26,28)/p+1. The zero-order chi connectivity index (χ0) is 21.3. The van der Waals surface area contributed by atoms with Crippen LogP contribution in [0.25, 0.3) is 0 Å². The first-order valence-electron chi connectivity index (χ1n) is 12.2. The van der Waals surface area contributed by atoms with Crippen LogP contribution in [0.3, 0.4) is 0 Å². The number of quaternary nitrogens is 1. The molecule has 4 aliphatic carbocycles. The van der Waals surface area contributed by atoms with Gasteiger partial charge in [0.05, 0.1) is 38.9 Å². The molecule has 6 rings (SSSR count). The predicted molar refractivity (Wildman–Crippen MR) is 119 cm³/mol. The van der Waals surface area contributed by atoms with Crippen LogP contribution in [0.4, 0.5) is 5.69 Å². The van der Waals surface area contributed by atoms with E-state index in [0.717, 1.165) is 87.7 Å². The predicted octanol–water partition coefficient (Wildman–Crippen LogP) is 2.53. The molecule has 31 heavy (non-hydrogen) atoms. The quantitative estimate of drug-likeness (QED) is 0.624. The highest BCUT2D eigenvalue weighted by atomic mass is 16.5. The Balaban J connectivity index is 1.16. The maximum absolute atomic E-state index is 13.3. The van der Waals surface area contributed by atoms with Crippen molar-refractivity contribution >= 4 is 11.6 Å². The minimum Gasteiger partial charge on any atom is -0.493 e. The molecule has 5 fully saturated rings. The minimum atomic E-state index is -0.140. The molecule has 0 aromatic heterocycles. The first-order chi connectivity index (χ1) is 15.1. The van der Waals surface area contributed by atoms with E-state index in [9.17, 15) is 4.79 Å². The van der Waals surface area contributed by atoms with E-state index in [1.54, 1.807) is 12.0 Å². The van der Waals surface area contributed by atoms with Gasteiger partial charge >= 0.3 is 0 Å². The van der Waals surface area contributed by atoms with Gasteiger partial charge < -0.3 is 24.4 Å². The van der Waals surface area contributed by atoms with Gasteiger partial charge in [0.1, 0.15) is 13.1 Å². The molecule has 1 amide bonds. The van der Waals surface area contributed by atoms with Crippen LogP contribution in [0.2, 0.25) is 0 Å². The summed E-state index contributed by atoms with van der Waals surface area (Å²) in [4.78, 5) is 14.9. The molecular formula is C25H37N2O4+. The Hall–Kier alpha value is -1.79. The van der Waals surface area contributed by atoms with Crippen molar-refractivity contribution in [1.29, 1.82) is 0 Å². The lowest BCUT2D eigenvalue weighted by atomic mass is 9.49. The molecule has 1 aromatic rings. The second-order valence-corrected chi connectivity index (χ2v) is 10.3. The lowest BCUT2D eigenvalue weighted by molar-refractivity contribution is -0.908. The fourth-order valence-corrected chi connectivity index (χ4v) is 6.93. The molecule has 6 nitrogen and oxygen atoms in total. The molecule has 2 N–H and O–H groups in total. The molecule has 0 spiro atoms. The SMILES string of the molecule is COc1cc(NC(=O)C23CC4CC(CC(C4)C2)C3)ccc1OCCC[NH+]1CCOCC1. The van der Waals surface area contributed by atoms with Gasteiger partial charge in [-0.2, -0.15) is 0 Å². The van der Waals surface area contributed by atoms with Gasteiger partial charge in [-0.3, -0.25) is 4.79 Å². The molecule has 5 aliphatic rings. The Morgan fingerprint density at radius 3 is 2.42 bits per heavy atom. The molecule has 1 heterocycles. The van der Waals surface area contributed by atoms with E-state index in [4.69, 9.17) is 14.2 Å². The van der Waals surface area contributed by atoms with E-state index >= 15 is 0 Å². The second kappa shape index (κ2) is 8.99. The third-order valence-electron chi connectivity index (χ3n) is 8.07. The third kappa shape index (κ3) is 4.56. The fraction of sp³-hybridized carbons (Fsp3) is 0.720. The number of rotatable bonds is 8. The van der Waals surface area contributed by atoms with E-state index < -0.39 is 0 Å². The maximum Gasteiger partial charge on any atom is 0.230 e. The number of hydrogen-bond donors (Lipinski definition) is 2. The lowest BCUT2D eigenvalue weighted by Gasteiger charge is -2.55. The topological polar surface area (TPSA) is 61.2 Å². The highest BCUT2D eigenvalue weighted by Crippen LogP contribution is 2.60. The number of ether oxygens (including phenoxy) is 3. The zero-order valence-corrected chi connectivity index (χ0v) is 18.8. The first-order valence-corrected chi connectivity index (χ1v) is 12.2. The fourth-order valence-electron chi connectivity index (χ4n) is 6.93. The van der Waals surface area contributed by atoms with Gasteiger partial charge in [-0.05, 0) is 68.4 Å². The van der Waals surface area contributed by atoms with Crippen LogP contribution in [-0.2, 0) is 9.53 Å². The number of carbonyl (C=O) groups is 1. The summed E-state index contributed by atoms with van der Waals surface area (Å²) in [6.07, 6.45) is 8.28. The number of benzene rings is 1. The number of methoxy groups -OCH3 is 1. The third-order valence-corrected chi connectivity index (χ3v) is 8.07. The smallest absolute Gasteiger partial charge is 0.230 e. The molecule has 0 radical (unpaired) electrons. The summed E-state index contributed by atoms with van der Waals surface area (Å²) in [7, 11) is 1.66. The van der Waals surface area contributed by atoms with Crippen molar-refractivity contribution in [3.05, 3.63) is 18.2 Å². The average molecular weight is 430 g/mol. The van der Waals surface area contributed by atoms with Crippen LogP contribution in [0.15, 0.2) is 18.2 Å². The number of anilines is 1. The van der Waals surface area contributed by atoms with Gasteiger partial charge in [0, 0.05) is 18.2 Å². The molecule has 0 atom stereocenters. The first kappa shape index (κ1) is 21.1. The minimum absolute atomic E-state index is 0.140. The van der Waals surface area contributed by atoms with E-state index in [2.05, 4.69) is 5.32 Å². The number of morpholine rings is 1. The van der Waals surface area contributed by atoms with Crippen LogP contribution in [-0.4, -0.2) is 52.5 Å². The highest BCUT2D eigenvalue weighted by Gasteiger charge is 2.54. The van der Waals surface area contributed by atoms with Crippen molar-refractivity contribution in [1.82, 2.24) is 0 Å². The Bertz CT molecular complexity index is 754. The van der Waals surface area contributed by atoms with E-state index in [1.807, 2.05) is 18.2 Å². The van der Waals surface area contributed by atoms with E-state index in [-0.39, 0.29) is 11.3 Å².